The van der Waals surface area contributed by atoms with Crippen molar-refractivity contribution in [3.63, 3.8) is 0 Å². The van der Waals surface area contributed by atoms with Crippen LogP contribution in [0.1, 0.15) is 23.5 Å². The Balaban J connectivity index is 2.32. The van der Waals surface area contributed by atoms with Crippen LogP contribution in [0.4, 0.5) is 0 Å². The largest absolute Gasteiger partial charge is 0.516 e. The second-order valence-corrected chi connectivity index (χ2v) is 4.26. The van der Waals surface area contributed by atoms with Gasteiger partial charge in [-0.05, 0) is 11.1 Å². The Hall–Kier alpha value is -1.87. The molecule has 0 saturated heterocycles. The summed E-state index contributed by atoms with van der Waals surface area (Å²) < 4.78 is 4.59. The molecule has 18 heavy (non-hydrogen) atoms. The number of hydrogen-bond donors (Lipinski definition) is 0. The number of hydrogen-bond acceptors (Lipinski definition) is 2. The zero-order valence-electron chi connectivity index (χ0n) is 9.87. The Morgan fingerprint density at radius 2 is 1.39 bits per heavy atom. The molecule has 0 aliphatic rings. The monoisotopic (exact) mass is 253 g/mol. The number of rotatable bonds is 4. The highest BCUT2D eigenvalue weighted by Gasteiger charge is 2.17. The van der Waals surface area contributed by atoms with E-state index in [2.05, 4.69) is 14.9 Å². The molecule has 3 radical (unpaired) electrons. The lowest BCUT2D eigenvalue weighted by molar-refractivity contribution is -0.134. The molecule has 0 atom stereocenters. The molecule has 0 aliphatic carbocycles. The SMILES string of the molecule is O=C(CC(c1ccccc1)c1ccccc1)O[Si]. The predicted octanol–water partition coefficient (Wildman–Crippen LogP) is 2.84. The summed E-state index contributed by atoms with van der Waals surface area (Å²) in [6, 6.07) is 19.9. The lowest BCUT2D eigenvalue weighted by Gasteiger charge is -2.16. The third-order valence-corrected chi connectivity index (χ3v) is 3.12. The van der Waals surface area contributed by atoms with Crippen molar-refractivity contribution in [2.24, 2.45) is 0 Å². The van der Waals surface area contributed by atoms with Crippen LogP contribution in [-0.2, 0) is 9.22 Å². The van der Waals surface area contributed by atoms with Crippen LogP contribution in [0, 0.1) is 0 Å². The molecule has 0 aromatic heterocycles. The molecule has 0 unspecified atom stereocenters. The van der Waals surface area contributed by atoms with E-state index in [9.17, 15) is 4.79 Å². The summed E-state index contributed by atoms with van der Waals surface area (Å²) in [5.74, 6) is -0.249. The van der Waals surface area contributed by atoms with Gasteiger partial charge in [-0.25, -0.2) is 0 Å². The molecule has 89 valence electrons. The third-order valence-electron chi connectivity index (χ3n) is 2.89. The van der Waals surface area contributed by atoms with Gasteiger partial charge in [-0.3, -0.25) is 4.79 Å². The maximum absolute atomic E-state index is 11.5. The molecule has 0 saturated carbocycles. The first-order valence-electron chi connectivity index (χ1n) is 5.77. The highest BCUT2D eigenvalue weighted by atomic mass is 28.2. The van der Waals surface area contributed by atoms with Crippen molar-refractivity contribution < 1.29 is 9.22 Å². The normalized spacial score (nSPS) is 10.3. The molecular weight excluding hydrogens is 240 g/mol. The standard InChI is InChI=1S/C15H13O2Si/c16-15(17-18)11-14(12-7-3-1-4-8-12)13-9-5-2-6-10-13/h1-10,14H,11H2. The quantitative estimate of drug-likeness (QED) is 0.783. The van der Waals surface area contributed by atoms with Crippen molar-refractivity contribution in [1.29, 1.82) is 0 Å². The van der Waals surface area contributed by atoms with Gasteiger partial charge in [-0.2, -0.15) is 0 Å². The number of benzene rings is 2. The second-order valence-electron chi connectivity index (χ2n) is 4.05. The van der Waals surface area contributed by atoms with Crippen LogP contribution in [0.3, 0.4) is 0 Å². The summed E-state index contributed by atoms with van der Waals surface area (Å²) in [6.45, 7) is 0. The van der Waals surface area contributed by atoms with E-state index in [4.69, 9.17) is 0 Å². The molecule has 0 amide bonds. The summed E-state index contributed by atoms with van der Waals surface area (Å²) in [5, 5.41) is 0. The van der Waals surface area contributed by atoms with E-state index in [0.29, 0.717) is 6.42 Å². The fourth-order valence-electron chi connectivity index (χ4n) is 2.01. The molecule has 2 aromatic carbocycles. The van der Waals surface area contributed by atoms with Crippen molar-refractivity contribution in [3.8, 4) is 0 Å². The molecule has 2 nitrogen and oxygen atoms in total. The van der Waals surface area contributed by atoms with Crippen LogP contribution in [-0.4, -0.2) is 16.5 Å². The summed E-state index contributed by atoms with van der Waals surface area (Å²) in [5.41, 5.74) is 2.22. The maximum atomic E-state index is 11.5. The van der Waals surface area contributed by atoms with Gasteiger partial charge in [0.1, 0.15) is 0 Å². The van der Waals surface area contributed by atoms with Gasteiger partial charge in [-0.15, -0.1) is 0 Å². The van der Waals surface area contributed by atoms with E-state index in [-0.39, 0.29) is 11.9 Å². The molecule has 0 N–H and O–H groups in total. The topological polar surface area (TPSA) is 26.3 Å². The van der Waals surface area contributed by atoms with Gasteiger partial charge in [0.05, 0.1) is 6.42 Å². The molecule has 0 heterocycles. The van der Waals surface area contributed by atoms with Crippen molar-refractivity contribution in [2.45, 2.75) is 12.3 Å². The molecule has 0 spiro atoms. The second kappa shape index (κ2) is 6.17. The fourth-order valence-corrected chi connectivity index (χ4v) is 2.09. The molecule has 0 bridgehead atoms. The minimum atomic E-state index is -0.274. The number of carbonyl (C=O) groups is 1. The van der Waals surface area contributed by atoms with Gasteiger partial charge in [0, 0.05) is 5.92 Å². The van der Waals surface area contributed by atoms with Crippen LogP contribution in [0.15, 0.2) is 60.7 Å². The summed E-state index contributed by atoms with van der Waals surface area (Å²) in [6.07, 6.45) is 0.317. The van der Waals surface area contributed by atoms with Gasteiger partial charge in [-0.1, -0.05) is 60.7 Å². The van der Waals surface area contributed by atoms with Crippen molar-refractivity contribution >= 4 is 16.5 Å². The average molecular weight is 253 g/mol. The third kappa shape index (κ3) is 3.08. The van der Waals surface area contributed by atoms with E-state index in [1.807, 2.05) is 60.7 Å². The van der Waals surface area contributed by atoms with Gasteiger partial charge in [0.15, 0.2) is 0 Å². The van der Waals surface area contributed by atoms with E-state index in [1.165, 1.54) is 0 Å². The first-order chi connectivity index (χ1) is 8.81. The van der Waals surface area contributed by atoms with Crippen LogP contribution >= 0.6 is 0 Å². The Bertz CT molecular complexity index is 457. The lowest BCUT2D eigenvalue weighted by atomic mass is 9.89. The van der Waals surface area contributed by atoms with Gasteiger partial charge >= 0.3 is 10.5 Å². The smallest absolute Gasteiger partial charge is 0.345 e. The molecule has 2 aromatic rings. The summed E-state index contributed by atoms with van der Waals surface area (Å²) in [7, 11) is 2.79. The van der Waals surface area contributed by atoms with E-state index in [1.54, 1.807) is 0 Å². The first kappa shape index (κ1) is 12.6. The molecule has 0 fully saturated rings. The van der Waals surface area contributed by atoms with Gasteiger partial charge in [0.2, 0.25) is 0 Å². The van der Waals surface area contributed by atoms with Gasteiger partial charge in [0.25, 0.3) is 5.97 Å². The predicted molar refractivity (Wildman–Crippen MR) is 71.2 cm³/mol. The van der Waals surface area contributed by atoms with E-state index >= 15 is 0 Å². The highest BCUT2D eigenvalue weighted by molar-refractivity contribution is 6.05. The highest BCUT2D eigenvalue weighted by Crippen LogP contribution is 2.27. The van der Waals surface area contributed by atoms with E-state index in [0.717, 1.165) is 11.1 Å². The van der Waals surface area contributed by atoms with Crippen LogP contribution in [0.2, 0.25) is 0 Å². The minimum absolute atomic E-state index is 0.0243. The fraction of sp³-hybridized carbons (Fsp3) is 0.133. The van der Waals surface area contributed by atoms with Crippen molar-refractivity contribution in [1.82, 2.24) is 0 Å². The molecule has 0 aliphatic heterocycles. The Morgan fingerprint density at radius 1 is 0.944 bits per heavy atom. The van der Waals surface area contributed by atoms with Crippen LogP contribution < -0.4 is 0 Å². The number of carbonyl (C=O) groups excluding carboxylic acids is 1. The van der Waals surface area contributed by atoms with Crippen molar-refractivity contribution in [3.05, 3.63) is 71.8 Å². The molecule has 3 heteroatoms. The average Bonchev–Trinajstić information content (AvgIpc) is 2.46. The summed E-state index contributed by atoms with van der Waals surface area (Å²) in [4.78, 5) is 11.5. The first-order valence-corrected chi connectivity index (χ1v) is 6.18. The van der Waals surface area contributed by atoms with Gasteiger partial charge < -0.3 is 4.43 Å². The van der Waals surface area contributed by atoms with E-state index < -0.39 is 0 Å². The minimum Gasteiger partial charge on any atom is -0.516 e. The summed E-state index contributed by atoms with van der Waals surface area (Å²) >= 11 is 0. The Morgan fingerprint density at radius 3 is 1.78 bits per heavy atom. The molecule has 2 rings (SSSR count). The zero-order chi connectivity index (χ0) is 12.8. The molecular formula is C15H13O2Si. The maximum Gasteiger partial charge on any atom is 0.345 e. The van der Waals surface area contributed by atoms with Crippen LogP contribution in [0.5, 0.6) is 0 Å². The lowest BCUT2D eigenvalue weighted by Crippen LogP contribution is -2.10. The Labute approximate surface area is 110 Å². The van der Waals surface area contributed by atoms with Crippen molar-refractivity contribution in [2.75, 3.05) is 0 Å². The zero-order valence-corrected chi connectivity index (χ0v) is 10.9. The Kier molecular flexibility index (Phi) is 4.31. The van der Waals surface area contributed by atoms with Crippen LogP contribution in [0.25, 0.3) is 0 Å².